The molecule has 5 aromatic rings. The third kappa shape index (κ3) is 2.60. The maximum atomic E-state index is 16.9. The van der Waals surface area contributed by atoms with E-state index in [-0.39, 0.29) is 0 Å². The Morgan fingerprint density at radius 2 is 1.44 bits per heavy atom. The second kappa shape index (κ2) is 7.20. The lowest BCUT2D eigenvalue weighted by Crippen LogP contribution is -2.57. The van der Waals surface area contributed by atoms with E-state index in [1.165, 1.54) is 8.96 Å². The Kier molecular flexibility index (Phi) is 4.23. The van der Waals surface area contributed by atoms with Crippen LogP contribution in [0.25, 0.3) is 44.1 Å². The highest BCUT2D eigenvalue weighted by molar-refractivity contribution is 6.65. The summed E-state index contributed by atoms with van der Waals surface area (Å²) in [6.07, 6.45) is 2.55. The number of hydrogen-bond acceptors (Lipinski definition) is 2. The molecule has 3 heterocycles. The average Bonchev–Trinajstić information content (AvgIpc) is 3.49. The fourth-order valence-corrected chi connectivity index (χ4v) is 6.04. The molecule has 0 amide bonds. The molecular formula is C29H23BF2N2O2. The van der Waals surface area contributed by atoms with Gasteiger partial charge in [0.2, 0.25) is 0 Å². The minimum atomic E-state index is -4.19. The molecule has 0 saturated carbocycles. The first-order chi connectivity index (χ1) is 17.5. The van der Waals surface area contributed by atoms with Gasteiger partial charge < -0.3 is 27.1 Å². The zero-order valence-corrected chi connectivity index (χ0v) is 20.2. The first kappa shape index (κ1) is 21.2. The number of ether oxygens (including phenoxy) is 2. The Labute approximate surface area is 206 Å². The maximum Gasteiger partial charge on any atom is 0.737 e. The molecule has 0 radical (unpaired) electrons. The molecule has 36 heavy (non-hydrogen) atoms. The van der Waals surface area contributed by atoms with Gasteiger partial charge in [0.15, 0.2) is 11.1 Å². The van der Waals surface area contributed by atoms with Crippen molar-refractivity contribution in [3.63, 3.8) is 0 Å². The smallest absolute Gasteiger partial charge is 0.497 e. The molecule has 178 valence electrons. The van der Waals surface area contributed by atoms with Gasteiger partial charge in [-0.2, -0.15) is 0 Å². The van der Waals surface area contributed by atoms with Crippen LogP contribution in [-0.4, -0.2) is 25.7 Å². The van der Waals surface area contributed by atoms with Gasteiger partial charge in [-0.1, -0.05) is 25.1 Å². The molecule has 0 atom stereocenters. The van der Waals surface area contributed by atoms with Crippen LogP contribution < -0.4 is 24.5 Å². The van der Waals surface area contributed by atoms with E-state index in [1.807, 2.05) is 79.7 Å². The molecular weight excluding hydrogens is 457 g/mol. The van der Waals surface area contributed by atoms with Crippen molar-refractivity contribution in [2.24, 2.45) is 0 Å². The number of halogens is 2. The van der Waals surface area contributed by atoms with Crippen molar-refractivity contribution >= 4 is 51.1 Å². The van der Waals surface area contributed by atoms with E-state index in [0.29, 0.717) is 40.2 Å². The molecule has 0 bridgehead atoms. The molecule has 0 aliphatic carbocycles. The summed E-state index contributed by atoms with van der Waals surface area (Å²) < 4.78 is 47.1. The van der Waals surface area contributed by atoms with Gasteiger partial charge in [-0.15, -0.1) is 0 Å². The zero-order chi connectivity index (χ0) is 24.8. The molecule has 0 N–H and O–H groups in total. The highest BCUT2D eigenvalue weighted by atomic mass is 19.2. The van der Waals surface area contributed by atoms with Crippen LogP contribution in [0.1, 0.15) is 19.0 Å². The van der Waals surface area contributed by atoms with Crippen molar-refractivity contribution in [1.82, 2.24) is 8.96 Å². The van der Waals surface area contributed by atoms with Gasteiger partial charge in [-0.05, 0) is 71.1 Å². The number of benzene rings is 4. The minimum Gasteiger partial charge on any atom is -0.497 e. The molecule has 7 rings (SSSR count). The normalized spacial score (nSPS) is 15.8. The molecule has 2 aliphatic heterocycles. The van der Waals surface area contributed by atoms with E-state index >= 15 is 8.63 Å². The zero-order valence-electron chi connectivity index (χ0n) is 20.2. The summed E-state index contributed by atoms with van der Waals surface area (Å²) in [4.78, 5) is 0. The second-order valence-corrected chi connectivity index (χ2v) is 9.40. The predicted molar refractivity (Wildman–Crippen MR) is 142 cm³/mol. The summed E-state index contributed by atoms with van der Waals surface area (Å²) >= 11 is 0. The molecule has 2 aliphatic rings. The minimum absolute atomic E-state index is 0.551. The maximum absolute atomic E-state index is 16.9. The summed E-state index contributed by atoms with van der Waals surface area (Å²) in [7, 11) is 3.22. The van der Waals surface area contributed by atoms with Gasteiger partial charge in [0.25, 0.3) is 0 Å². The van der Waals surface area contributed by atoms with Crippen LogP contribution in [0, 0.1) is 0 Å². The van der Waals surface area contributed by atoms with Gasteiger partial charge >= 0.3 is 6.97 Å². The summed E-state index contributed by atoms with van der Waals surface area (Å²) in [6, 6.07) is 20.9. The van der Waals surface area contributed by atoms with Gasteiger partial charge in [-0.3, -0.25) is 0 Å². The number of fused-ring (bicyclic) bond motifs is 9. The summed E-state index contributed by atoms with van der Waals surface area (Å²) in [5.41, 5.74) is 2.64. The van der Waals surface area contributed by atoms with Crippen molar-refractivity contribution in [3.8, 4) is 11.5 Å². The molecule has 4 aromatic carbocycles. The third-order valence-electron chi connectivity index (χ3n) is 7.64. The van der Waals surface area contributed by atoms with Crippen LogP contribution in [-0.2, 0) is 0 Å². The Morgan fingerprint density at radius 3 is 2.14 bits per heavy atom. The second-order valence-electron chi connectivity index (χ2n) is 9.40. The largest absolute Gasteiger partial charge is 0.737 e. The SMILES string of the molecule is CCC1=C2C=c3ccc4cc(OC)ccc4c3=[N+]2[B-](F)(F)n2c1cc1ccc3cc(OC)ccc3c12. The predicted octanol–water partition coefficient (Wildman–Crippen LogP) is 5.31. The number of aromatic nitrogens is 1. The number of methoxy groups -OCH3 is 2. The molecule has 4 nitrogen and oxygen atoms in total. The highest BCUT2D eigenvalue weighted by Crippen LogP contribution is 2.41. The summed E-state index contributed by atoms with van der Waals surface area (Å²) in [6.45, 7) is -2.16. The lowest BCUT2D eigenvalue weighted by molar-refractivity contribution is 0.415. The molecule has 7 heteroatoms. The van der Waals surface area contributed by atoms with Gasteiger partial charge in [0.1, 0.15) is 11.5 Å². The third-order valence-corrected chi connectivity index (χ3v) is 7.64. The number of hydrogen-bond donors (Lipinski definition) is 0. The number of allylic oxidation sites excluding steroid dienone is 2. The molecule has 0 saturated heterocycles. The number of rotatable bonds is 3. The van der Waals surface area contributed by atoms with E-state index in [1.54, 1.807) is 14.2 Å². The molecule has 0 unspecified atom stereocenters. The fourth-order valence-electron chi connectivity index (χ4n) is 6.04. The lowest BCUT2D eigenvalue weighted by atomic mass is 9.87. The molecule has 0 fully saturated rings. The Balaban J connectivity index is 1.65. The Bertz CT molecular complexity index is 1940. The van der Waals surface area contributed by atoms with Crippen molar-refractivity contribution in [1.29, 1.82) is 0 Å². The van der Waals surface area contributed by atoms with E-state index in [9.17, 15) is 0 Å². The van der Waals surface area contributed by atoms with Gasteiger partial charge in [0.05, 0.1) is 14.2 Å². The Hall–Kier alpha value is -4.13. The van der Waals surface area contributed by atoms with Crippen LogP contribution in [0.2, 0.25) is 0 Å². The van der Waals surface area contributed by atoms with Crippen LogP contribution in [0.5, 0.6) is 11.5 Å². The quantitative estimate of drug-likeness (QED) is 0.328. The monoisotopic (exact) mass is 480 g/mol. The van der Waals surface area contributed by atoms with Crippen LogP contribution in [0.3, 0.4) is 0 Å². The van der Waals surface area contributed by atoms with E-state index in [4.69, 9.17) is 9.47 Å². The first-order valence-corrected chi connectivity index (χ1v) is 12.1. The fraction of sp³-hybridized carbons (Fsp3) is 0.138. The van der Waals surface area contributed by atoms with Crippen molar-refractivity contribution in [2.45, 2.75) is 13.3 Å². The summed E-state index contributed by atoms with van der Waals surface area (Å²) in [5, 5.41) is 5.47. The Morgan fingerprint density at radius 1 is 0.806 bits per heavy atom. The van der Waals surface area contributed by atoms with Crippen LogP contribution in [0.4, 0.5) is 8.63 Å². The standard InChI is InChI=1S/C29H23BF2N2O2/c1-4-23-26-15-19-7-5-17-13-21(35-2)9-11-24(17)28(19)33(26)30(31,32)34-27(23)16-20-8-6-18-14-22(36-3)10-12-25(18)29(20)34/h5-16H,4H2,1-3H3. The van der Waals surface area contributed by atoms with Gasteiger partial charge in [-0.25, -0.2) is 0 Å². The van der Waals surface area contributed by atoms with Crippen LogP contribution >= 0.6 is 0 Å². The van der Waals surface area contributed by atoms with E-state index in [0.717, 1.165) is 37.7 Å². The molecule has 0 spiro atoms. The topological polar surface area (TPSA) is 26.4 Å². The van der Waals surface area contributed by atoms with Crippen molar-refractivity contribution < 1.29 is 18.1 Å². The van der Waals surface area contributed by atoms with E-state index < -0.39 is 6.97 Å². The lowest BCUT2D eigenvalue weighted by Gasteiger charge is -2.32. The average molecular weight is 480 g/mol. The highest BCUT2D eigenvalue weighted by Gasteiger charge is 2.53. The van der Waals surface area contributed by atoms with Gasteiger partial charge in [0, 0.05) is 38.9 Å². The van der Waals surface area contributed by atoms with Crippen LogP contribution in [0.15, 0.2) is 72.4 Å². The summed E-state index contributed by atoms with van der Waals surface area (Å²) in [5.74, 6) is 1.40. The first-order valence-electron chi connectivity index (χ1n) is 12.1. The van der Waals surface area contributed by atoms with Crippen molar-refractivity contribution in [2.75, 3.05) is 14.2 Å². The van der Waals surface area contributed by atoms with E-state index in [2.05, 4.69) is 0 Å². The number of nitrogens with zero attached hydrogens (tertiary/aromatic N) is 2. The molecule has 1 aromatic heterocycles. The van der Waals surface area contributed by atoms with Crippen molar-refractivity contribution in [3.05, 3.63) is 88.7 Å².